The summed E-state index contributed by atoms with van der Waals surface area (Å²) in [6, 6.07) is 2.81. The first-order valence-electron chi connectivity index (χ1n) is 5.39. The Balaban J connectivity index is 2.21. The third kappa shape index (κ3) is 2.15. The predicted molar refractivity (Wildman–Crippen MR) is 70.4 cm³/mol. The minimum atomic E-state index is 0.526. The monoisotopic (exact) mass is 287 g/mol. The first kappa shape index (κ1) is 11.6. The van der Waals surface area contributed by atoms with Crippen molar-refractivity contribution in [1.82, 2.24) is 5.32 Å². The summed E-state index contributed by atoms with van der Waals surface area (Å²) in [6.07, 6.45) is 1.34. The summed E-state index contributed by atoms with van der Waals surface area (Å²) in [5.74, 6) is 0.799. The first-order chi connectivity index (χ1) is 6.95. The molecule has 2 rings (SSSR count). The maximum atomic E-state index is 3.59. The van der Waals surface area contributed by atoms with Gasteiger partial charge in [-0.1, -0.05) is 13.8 Å². The molecule has 1 fully saturated rings. The molecular weight excluding hydrogens is 270 g/mol. The maximum absolute atomic E-state index is 3.59. The van der Waals surface area contributed by atoms with Crippen LogP contribution in [0.15, 0.2) is 10.5 Å². The van der Waals surface area contributed by atoms with Gasteiger partial charge in [0, 0.05) is 20.3 Å². The van der Waals surface area contributed by atoms with Gasteiger partial charge < -0.3 is 5.32 Å². The van der Waals surface area contributed by atoms with Crippen LogP contribution >= 0.6 is 27.3 Å². The molecule has 1 N–H and O–H groups in total. The van der Waals surface area contributed by atoms with Crippen LogP contribution < -0.4 is 5.32 Å². The van der Waals surface area contributed by atoms with Crippen molar-refractivity contribution in [2.24, 2.45) is 11.3 Å². The molecule has 0 amide bonds. The summed E-state index contributed by atoms with van der Waals surface area (Å²) in [7, 11) is 2.07. The Kier molecular flexibility index (Phi) is 2.99. The van der Waals surface area contributed by atoms with E-state index in [2.05, 4.69) is 55.1 Å². The zero-order valence-electron chi connectivity index (χ0n) is 9.73. The normalized spacial score (nSPS) is 25.3. The molecule has 15 heavy (non-hydrogen) atoms. The largest absolute Gasteiger partial charge is 0.312 e. The van der Waals surface area contributed by atoms with Crippen molar-refractivity contribution in [3.05, 3.63) is 20.3 Å². The fourth-order valence-corrected chi connectivity index (χ4v) is 3.99. The lowest BCUT2D eigenvalue weighted by Gasteiger charge is -2.16. The second-order valence-corrected chi connectivity index (χ2v) is 7.26. The molecule has 0 aromatic carbocycles. The quantitative estimate of drug-likeness (QED) is 0.882. The Morgan fingerprint density at radius 3 is 2.53 bits per heavy atom. The van der Waals surface area contributed by atoms with Crippen molar-refractivity contribution in [3.63, 3.8) is 0 Å². The van der Waals surface area contributed by atoms with E-state index in [-0.39, 0.29) is 0 Å². The lowest BCUT2D eigenvalue weighted by molar-refractivity contribution is 0.446. The first-order valence-corrected chi connectivity index (χ1v) is 7.00. The van der Waals surface area contributed by atoms with Crippen LogP contribution in [0.25, 0.3) is 0 Å². The van der Waals surface area contributed by atoms with Crippen molar-refractivity contribution < 1.29 is 0 Å². The molecule has 0 radical (unpaired) electrons. The molecule has 1 aliphatic rings. The molecule has 0 saturated heterocycles. The van der Waals surface area contributed by atoms with Crippen molar-refractivity contribution >= 4 is 27.3 Å². The summed E-state index contributed by atoms with van der Waals surface area (Å²) in [5.41, 5.74) is 0.526. The van der Waals surface area contributed by atoms with E-state index in [0.717, 1.165) is 5.92 Å². The number of hydrogen-bond acceptors (Lipinski definition) is 2. The van der Waals surface area contributed by atoms with E-state index in [0.29, 0.717) is 11.5 Å². The fraction of sp³-hybridized carbons (Fsp3) is 0.667. The standard InChI is InChI=1S/C12H18BrNS/c1-7-9(13)5-10(15-7)11(14-4)8-6-12(8,2)3/h5,8,11,14H,6H2,1-4H3. The molecule has 0 bridgehead atoms. The summed E-state index contributed by atoms with van der Waals surface area (Å²) in [5, 5.41) is 3.47. The van der Waals surface area contributed by atoms with Gasteiger partial charge in [-0.15, -0.1) is 11.3 Å². The molecule has 2 unspecified atom stereocenters. The molecule has 3 heteroatoms. The number of rotatable bonds is 3. The molecule has 0 spiro atoms. The summed E-state index contributed by atoms with van der Waals surface area (Å²) < 4.78 is 1.25. The molecule has 1 saturated carbocycles. The lowest BCUT2D eigenvalue weighted by atomic mass is 10.0. The van der Waals surface area contributed by atoms with Gasteiger partial charge in [-0.05, 0) is 53.7 Å². The zero-order valence-corrected chi connectivity index (χ0v) is 12.1. The van der Waals surface area contributed by atoms with E-state index in [1.807, 2.05) is 11.3 Å². The molecular formula is C12H18BrNS. The van der Waals surface area contributed by atoms with Gasteiger partial charge in [-0.3, -0.25) is 0 Å². The van der Waals surface area contributed by atoms with Gasteiger partial charge >= 0.3 is 0 Å². The predicted octanol–water partition coefficient (Wildman–Crippen LogP) is 4.13. The minimum absolute atomic E-state index is 0.526. The van der Waals surface area contributed by atoms with Gasteiger partial charge in [0.25, 0.3) is 0 Å². The van der Waals surface area contributed by atoms with E-state index in [1.165, 1.54) is 20.6 Å². The Hall–Kier alpha value is 0.140. The molecule has 0 aliphatic heterocycles. The molecule has 1 aliphatic carbocycles. The highest BCUT2D eigenvalue weighted by molar-refractivity contribution is 9.10. The van der Waals surface area contributed by atoms with Crippen LogP contribution in [-0.4, -0.2) is 7.05 Å². The van der Waals surface area contributed by atoms with E-state index < -0.39 is 0 Å². The summed E-state index contributed by atoms with van der Waals surface area (Å²) in [6.45, 7) is 6.89. The second kappa shape index (κ2) is 3.86. The molecule has 2 atom stereocenters. The zero-order chi connectivity index (χ0) is 11.2. The van der Waals surface area contributed by atoms with Gasteiger partial charge in [-0.25, -0.2) is 0 Å². The number of halogens is 1. The highest BCUT2D eigenvalue weighted by atomic mass is 79.9. The van der Waals surface area contributed by atoms with Gasteiger partial charge in [0.15, 0.2) is 0 Å². The third-order valence-corrected chi connectivity index (χ3v) is 5.71. The van der Waals surface area contributed by atoms with Crippen LogP contribution in [0, 0.1) is 18.3 Å². The van der Waals surface area contributed by atoms with Crippen LogP contribution in [-0.2, 0) is 0 Å². The topological polar surface area (TPSA) is 12.0 Å². The fourth-order valence-electron chi connectivity index (χ4n) is 2.25. The summed E-state index contributed by atoms with van der Waals surface area (Å²) >= 11 is 5.50. The Bertz CT molecular complexity index is 350. The number of hydrogen-bond donors (Lipinski definition) is 1. The number of thiophene rings is 1. The van der Waals surface area contributed by atoms with E-state index >= 15 is 0 Å². The van der Waals surface area contributed by atoms with Gasteiger partial charge in [0.05, 0.1) is 0 Å². The Morgan fingerprint density at radius 1 is 1.60 bits per heavy atom. The maximum Gasteiger partial charge on any atom is 0.0446 e. The van der Waals surface area contributed by atoms with Crippen LogP contribution in [0.5, 0.6) is 0 Å². The Labute approximate surface area is 104 Å². The highest BCUT2D eigenvalue weighted by Crippen LogP contribution is 2.58. The molecule has 1 aromatic rings. The van der Waals surface area contributed by atoms with Crippen LogP contribution in [0.2, 0.25) is 0 Å². The van der Waals surface area contributed by atoms with Crippen molar-refractivity contribution in [2.75, 3.05) is 7.05 Å². The van der Waals surface area contributed by atoms with Crippen LogP contribution in [0.4, 0.5) is 0 Å². The minimum Gasteiger partial charge on any atom is -0.312 e. The number of nitrogens with one attached hydrogen (secondary N) is 1. The smallest absolute Gasteiger partial charge is 0.0446 e. The lowest BCUT2D eigenvalue weighted by Crippen LogP contribution is -2.19. The average Bonchev–Trinajstić information content (AvgIpc) is 2.62. The highest BCUT2D eigenvalue weighted by Gasteiger charge is 2.50. The second-order valence-electron chi connectivity index (χ2n) is 5.12. The van der Waals surface area contributed by atoms with Crippen LogP contribution in [0.3, 0.4) is 0 Å². The Morgan fingerprint density at radius 2 is 2.20 bits per heavy atom. The van der Waals surface area contributed by atoms with Gasteiger partial charge in [0.1, 0.15) is 0 Å². The van der Waals surface area contributed by atoms with Crippen molar-refractivity contribution in [3.8, 4) is 0 Å². The van der Waals surface area contributed by atoms with Crippen molar-refractivity contribution in [1.29, 1.82) is 0 Å². The average molecular weight is 288 g/mol. The van der Waals surface area contributed by atoms with E-state index in [4.69, 9.17) is 0 Å². The van der Waals surface area contributed by atoms with Crippen LogP contribution in [0.1, 0.15) is 36.1 Å². The molecule has 1 aromatic heterocycles. The van der Waals surface area contributed by atoms with Crippen molar-refractivity contribution in [2.45, 2.75) is 33.2 Å². The molecule has 84 valence electrons. The SMILES string of the molecule is CNC(c1cc(Br)c(C)s1)C1CC1(C)C. The van der Waals surface area contributed by atoms with E-state index in [9.17, 15) is 0 Å². The van der Waals surface area contributed by atoms with E-state index in [1.54, 1.807) is 0 Å². The summed E-state index contributed by atoms with van der Waals surface area (Å²) in [4.78, 5) is 2.85. The van der Waals surface area contributed by atoms with Gasteiger partial charge in [-0.2, -0.15) is 0 Å². The molecule has 1 nitrogen and oxygen atoms in total. The molecule has 1 heterocycles. The third-order valence-electron chi connectivity index (χ3n) is 3.49. The van der Waals surface area contributed by atoms with Gasteiger partial charge in [0.2, 0.25) is 0 Å². The number of aryl methyl sites for hydroxylation is 1.